The van der Waals surface area contributed by atoms with E-state index in [-0.39, 0.29) is 0 Å². The number of nitrogens with one attached hydrogen (secondary N) is 2. The summed E-state index contributed by atoms with van der Waals surface area (Å²) in [5.74, 6) is 0. The number of para-hydroxylation sites is 1. The lowest BCUT2D eigenvalue weighted by atomic mass is 10.1. The van der Waals surface area contributed by atoms with E-state index < -0.39 is 0 Å². The second-order valence-corrected chi connectivity index (χ2v) is 4.80. The molecule has 0 amide bonds. The molecule has 0 aliphatic rings. The summed E-state index contributed by atoms with van der Waals surface area (Å²) in [4.78, 5) is 0. The van der Waals surface area contributed by atoms with Crippen LogP contribution in [0.3, 0.4) is 0 Å². The molecule has 2 nitrogen and oxygen atoms in total. The monoisotopic (exact) mass is 254 g/mol. The highest BCUT2D eigenvalue weighted by Gasteiger charge is 2.09. The van der Waals surface area contributed by atoms with Gasteiger partial charge in [-0.2, -0.15) is 0 Å². The van der Waals surface area contributed by atoms with Crippen LogP contribution in [0.25, 0.3) is 0 Å². The van der Waals surface area contributed by atoms with Gasteiger partial charge in [0.05, 0.1) is 11.4 Å². The van der Waals surface area contributed by atoms with Crippen LogP contribution in [0.5, 0.6) is 0 Å². The number of hydrogen-bond acceptors (Lipinski definition) is 2. The largest absolute Gasteiger partial charge is 0.383 e. The van der Waals surface area contributed by atoms with Crippen molar-refractivity contribution in [1.82, 2.24) is 0 Å². The molecule has 0 saturated heterocycles. The number of aryl methyl sites for hydroxylation is 1. The fourth-order valence-electron chi connectivity index (χ4n) is 2.26. The highest BCUT2D eigenvalue weighted by atomic mass is 15.0. The normalized spacial score (nSPS) is 11.9. The maximum Gasteiger partial charge on any atom is 0.0605 e. The van der Waals surface area contributed by atoms with Crippen molar-refractivity contribution in [3.63, 3.8) is 0 Å². The summed E-state index contributed by atoms with van der Waals surface area (Å²) in [6.45, 7) is 7.37. The van der Waals surface area contributed by atoms with Gasteiger partial charge in [-0.25, -0.2) is 0 Å². The predicted molar refractivity (Wildman–Crippen MR) is 83.8 cm³/mol. The minimum atomic E-state index is 0.292. The van der Waals surface area contributed by atoms with Crippen LogP contribution in [0.4, 0.5) is 11.4 Å². The van der Waals surface area contributed by atoms with Crippen LogP contribution < -0.4 is 10.6 Å². The lowest BCUT2D eigenvalue weighted by Gasteiger charge is -2.20. The van der Waals surface area contributed by atoms with Crippen LogP contribution in [-0.4, -0.2) is 6.54 Å². The molecule has 2 aromatic carbocycles. The SMILES string of the molecule is CCNc1c(C)cccc1NC(C)c1ccccc1. The van der Waals surface area contributed by atoms with Gasteiger partial charge >= 0.3 is 0 Å². The van der Waals surface area contributed by atoms with Crippen molar-refractivity contribution in [3.8, 4) is 0 Å². The first-order valence-electron chi connectivity index (χ1n) is 6.87. The number of hydrogen-bond donors (Lipinski definition) is 2. The Kier molecular flexibility index (Phi) is 4.45. The van der Waals surface area contributed by atoms with Crippen molar-refractivity contribution in [2.24, 2.45) is 0 Å². The molecule has 2 N–H and O–H groups in total. The van der Waals surface area contributed by atoms with E-state index in [1.807, 2.05) is 6.07 Å². The molecule has 1 atom stereocenters. The van der Waals surface area contributed by atoms with Gasteiger partial charge < -0.3 is 10.6 Å². The van der Waals surface area contributed by atoms with Gasteiger partial charge in [-0.1, -0.05) is 42.5 Å². The Hall–Kier alpha value is -1.96. The molecule has 0 aliphatic heterocycles. The van der Waals surface area contributed by atoms with Gasteiger partial charge in [0.25, 0.3) is 0 Å². The van der Waals surface area contributed by atoms with Gasteiger partial charge in [-0.05, 0) is 38.0 Å². The molecule has 0 aromatic heterocycles. The number of anilines is 2. The van der Waals surface area contributed by atoms with Crippen LogP contribution in [0.15, 0.2) is 48.5 Å². The molecule has 0 spiro atoms. The molecule has 0 saturated carbocycles. The zero-order valence-corrected chi connectivity index (χ0v) is 11.9. The summed E-state index contributed by atoms with van der Waals surface area (Å²) in [5.41, 5.74) is 4.93. The molecule has 2 aromatic rings. The summed E-state index contributed by atoms with van der Waals surface area (Å²) in [6, 6.07) is 17.2. The van der Waals surface area contributed by atoms with E-state index in [1.54, 1.807) is 0 Å². The van der Waals surface area contributed by atoms with Crippen LogP contribution in [0, 0.1) is 6.92 Å². The summed E-state index contributed by atoms with van der Waals surface area (Å²) >= 11 is 0. The first-order valence-corrected chi connectivity index (χ1v) is 6.87. The van der Waals surface area contributed by atoms with Crippen molar-refractivity contribution in [1.29, 1.82) is 0 Å². The van der Waals surface area contributed by atoms with Crippen molar-refractivity contribution < 1.29 is 0 Å². The van der Waals surface area contributed by atoms with Crippen molar-refractivity contribution in [2.75, 3.05) is 17.2 Å². The van der Waals surface area contributed by atoms with Gasteiger partial charge in [-0.15, -0.1) is 0 Å². The van der Waals surface area contributed by atoms with E-state index in [0.29, 0.717) is 6.04 Å². The zero-order valence-electron chi connectivity index (χ0n) is 11.9. The standard InChI is InChI=1S/C17H22N2/c1-4-18-17-13(2)9-8-12-16(17)19-14(3)15-10-6-5-7-11-15/h5-12,14,18-19H,4H2,1-3H3. The Morgan fingerprint density at radius 2 is 1.74 bits per heavy atom. The maximum atomic E-state index is 3.59. The highest BCUT2D eigenvalue weighted by Crippen LogP contribution is 2.29. The molecule has 2 heteroatoms. The fraction of sp³-hybridized carbons (Fsp3) is 0.294. The average molecular weight is 254 g/mol. The van der Waals surface area contributed by atoms with Gasteiger partial charge in [0.1, 0.15) is 0 Å². The van der Waals surface area contributed by atoms with E-state index >= 15 is 0 Å². The van der Waals surface area contributed by atoms with Gasteiger partial charge in [-0.3, -0.25) is 0 Å². The summed E-state index contributed by atoms with van der Waals surface area (Å²) in [7, 11) is 0. The third-order valence-electron chi connectivity index (χ3n) is 3.30. The van der Waals surface area contributed by atoms with E-state index in [0.717, 1.165) is 6.54 Å². The smallest absolute Gasteiger partial charge is 0.0605 e. The summed E-state index contributed by atoms with van der Waals surface area (Å²) in [5, 5.41) is 7.03. The molecule has 0 aliphatic carbocycles. The average Bonchev–Trinajstić information content (AvgIpc) is 2.43. The Morgan fingerprint density at radius 1 is 1.00 bits per heavy atom. The van der Waals surface area contributed by atoms with E-state index in [1.165, 1.54) is 22.5 Å². The first-order chi connectivity index (χ1) is 9.22. The molecule has 0 heterocycles. The predicted octanol–water partition coefficient (Wildman–Crippen LogP) is 4.60. The third kappa shape index (κ3) is 3.28. The van der Waals surface area contributed by atoms with Crippen LogP contribution >= 0.6 is 0 Å². The second-order valence-electron chi connectivity index (χ2n) is 4.80. The molecule has 0 bridgehead atoms. The molecule has 0 fully saturated rings. The van der Waals surface area contributed by atoms with E-state index in [9.17, 15) is 0 Å². The third-order valence-corrected chi connectivity index (χ3v) is 3.30. The van der Waals surface area contributed by atoms with E-state index in [2.05, 4.69) is 73.9 Å². The lowest BCUT2D eigenvalue weighted by Crippen LogP contribution is -2.10. The first kappa shape index (κ1) is 13.5. The quantitative estimate of drug-likeness (QED) is 0.814. The molecule has 1 unspecified atom stereocenters. The molecule has 19 heavy (non-hydrogen) atoms. The zero-order chi connectivity index (χ0) is 13.7. The number of benzene rings is 2. The van der Waals surface area contributed by atoms with E-state index in [4.69, 9.17) is 0 Å². The fourth-order valence-corrected chi connectivity index (χ4v) is 2.26. The minimum Gasteiger partial charge on any atom is -0.383 e. The summed E-state index contributed by atoms with van der Waals surface area (Å²) in [6.07, 6.45) is 0. The van der Waals surface area contributed by atoms with Crippen molar-refractivity contribution in [3.05, 3.63) is 59.7 Å². The van der Waals surface area contributed by atoms with Crippen molar-refractivity contribution in [2.45, 2.75) is 26.8 Å². The minimum absolute atomic E-state index is 0.292. The Balaban J connectivity index is 2.21. The summed E-state index contributed by atoms with van der Waals surface area (Å²) < 4.78 is 0. The highest BCUT2D eigenvalue weighted by molar-refractivity contribution is 5.72. The van der Waals surface area contributed by atoms with Crippen LogP contribution in [-0.2, 0) is 0 Å². The lowest BCUT2D eigenvalue weighted by molar-refractivity contribution is 0.884. The van der Waals surface area contributed by atoms with Gasteiger partial charge in [0, 0.05) is 12.6 Å². The second kappa shape index (κ2) is 6.28. The number of rotatable bonds is 5. The van der Waals surface area contributed by atoms with Crippen molar-refractivity contribution >= 4 is 11.4 Å². The van der Waals surface area contributed by atoms with Crippen LogP contribution in [0.1, 0.15) is 31.0 Å². The topological polar surface area (TPSA) is 24.1 Å². The Labute approximate surface area is 115 Å². The molecule has 2 rings (SSSR count). The Morgan fingerprint density at radius 3 is 2.42 bits per heavy atom. The molecule has 100 valence electrons. The molecular formula is C17H22N2. The maximum absolute atomic E-state index is 3.59. The van der Waals surface area contributed by atoms with Gasteiger partial charge in [0.15, 0.2) is 0 Å². The van der Waals surface area contributed by atoms with Gasteiger partial charge in [0.2, 0.25) is 0 Å². The molecular weight excluding hydrogens is 232 g/mol. The molecule has 0 radical (unpaired) electrons. The van der Waals surface area contributed by atoms with Crippen LogP contribution in [0.2, 0.25) is 0 Å². The Bertz CT molecular complexity index is 520.